The summed E-state index contributed by atoms with van der Waals surface area (Å²) in [5.41, 5.74) is 2.26. The largest absolute Gasteiger partial charge is 0.506 e. The van der Waals surface area contributed by atoms with E-state index in [-0.39, 0.29) is 11.3 Å². The van der Waals surface area contributed by atoms with Crippen LogP contribution in [0.15, 0.2) is 77.9 Å². The quantitative estimate of drug-likeness (QED) is 0.0893. The van der Waals surface area contributed by atoms with Crippen LogP contribution in [0.25, 0.3) is 10.9 Å². The smallest absolute Gasteiger partial charge is 0.405 e. The third-order valence-corrected chi connectivity index (χ3v) is 7.34. The topological polar surface area (TPSA) is 157 Å². The average Bonchev–Trinajstić information content (AvgIpc) is 3.01. The van der Waals surface area contributed by atoms with Crippen molar-refractivity contribution in [1.29, 1.82) is 0 Å². The molecule has 10 heteroatoms. The molecule has 0 spiro atoms. The van der Waals surface area contributed by atoms with Crippen LogP contribution in [0.4, 0.5) is 4.79 Å². The van der Waals surface area contributed by atoms with Gasteiger partial charge < -0.3 is 35.7 Å². The summed E-state index contributed by atoms with van der Waals surface area (Å²) in [7, 11) is 0. The number of hydrogen-bond donors (Lipinski definition) is 6. The first-order chi connectivity index (χ1) is 20.9. The number of carboxylic acid groups (broad SMARTS) is 1. The summed E-state index contributed by atoms with van der Waals surface area (Å²) in [6, 6.07) is 16.9. The van der Waals surface area contributed by atoms with Gasteiger partial charge in [0.05, 0.1) is 30.5 Å². The molecule has 4 rings (SSSR count). The standard InChI is InChI=1S/C33H40N4O6/c38-28-15-13-26(27-14-16-30(40)36-32(27)28)29(39)22-34-17-9-4-2-1-3-5-10-18-43-25-19-24(20-35-21-25)31(37-33(41)42)23-11-7-6-8-12-23/h6-8,11-16,19-21,29,31,34,37-39H,1-5,9-10,17-18,22H2,(H,36,40)(H,41,42). The Balaban J connectivity index is 1.07. The number of nitrogens with zero attached hydrogens (tertiary/aromatic N) is 1. The number of H-pyrrole nitrogens is 1. The number of carbonyl (C=O) groups is 1. The van der Waals surface area contributed by atoms with Crippen molar-refractivity contribution in [2.45, 2.75) is 57.1 Å². The van der Waals surface area contributed by atoms with Gasteiger partial charge in [-0.3, -0.25) is 9.78 Å². The van der Waals surface area contributed by atoms with Crippen LogP contribution >= 0.6 is 0 Å². The number of hydrogen-bond acceptors (Lipinski definition) is 7. The number of fused-ring (bicyclic) bond motifs is 1. The van der Waals surface area contributed by atoms with Crippen LogP contribution in [0, 0.1) is 0 Å². The predicted molar refractivity (Wildman–Crippen MR) is 166 cm³/mol. The van der Waals surface area contributed by atoms with Gasteiger partial charge in [0.2, 0.25) is 5.56 Å². The lowest BCUT2D eigenvalue weighted by molar-refractivity contribution is 0.176. The van der Waals surface area contributed by atoms with Gasteiger partial charge in [-0.05, 0) is 48.7 Å². The monoisotopic (exact) mass is 588 g/mol. The molecule has 0 bridgehead atoms. The fraction of sp³-hybridized carbons (Fsp3) is 0.364. The van der Waals surface area contributed by atoms with E-state index in [1.165, 1.54) is 12.1 Å². The van der Waals surface area contributed by atoms with Crippen LogP contribution in [-0.2, 0) is 0 Å². The summed E-state index contributed by atoms with van der Waals surface area (Å²) < 4.78 is 5.90. The molecule has 0 aliphatic heterocycles. The highest BCUT2D eigenvalue weighted by atomic mass is 16.5. The Morgan fingerprint density at radius 3 is 2.42 bits per heavy atom. The van der Waals surface area contributed by atoms with Crippen molar-refractivity contribution in [3.05, 3.63) is 100 Å². The van der Waals surface area contributed by atoms with Gasteiger partial charge >= 0.3 is 6.09 Å². The summed E-state index contributed by atoms with van der Waals surface area (Å²) in [4.78, 5) is 29.8. The number of benzene rings is 2. The van der Waals surface area contributed by atoms with Crippen LogP contribution in [0.5, 0.6) is 11.5 Å². The number of phenolic OH excluding ortho intramolecular Hbond substituents is 1. The zero-order chi connectivity index (χ0) is 30.4. The number of aliphatic hydroxyl groups excluding tert-OH is 1. The van der Waals surface area contributed by atoms with E-state index in [1.54, 1.807) is 24.5 Å². The molecule has 0 radical (unpaired) electrons. The molecular weight excluding hydrogens is 548 g/mol. The van der Waals surface area contributed by atoms with Gasteiger partial charge in [0.1, 0.15) is 11.5 Å². The Bertz CT molecular complexity index is 1510. The highest BCUT2D eigenvalue weighted by molar-refractivity contribution is 5.87. The SMILES string of the molecule is O=C(O)NC(c1ccccc1)c1cncc(OCCCCCCCCCNCC(O)c2ccc(O)c3[nH]c(=O)ccc23)c1. The number of aromatic hydroxyl groups is 1. The molecule has 0 aliphatic carbocycles. The van der Waals surface area contributed by atoms with Crippen LogP contribution in [0.2, 0.25) is 0 Å². The van der Waals surface area contributed by atoms with Gasteiger partial charge in [-0.2, -0.15) is 0 Å². The van der Waals surface area contributed by atoms with Gasteiger partial charge in [-0.25, -0.2) is 4.79 Å². The van der Waals surface area contributed by atoms with Crippen LogP contribution in [0.3, 0.4) is 0 Å². The zero-order valence-electron chi connectivity index (χ0n) is 24.2. The number of pyridine rings is 2. The molecule has 2 heterocycles. The predicted octanol–water partition coefficient (Wildman–Crippen LogP) is 5.42. The number of nitrogens with one attached hydrogen (secondary N) is 3. The van der Waals surface area contributed by atoms with Crippen molar-refractivity contribution < 1.29 is 24.9 Å². The minimum Gasteiger partial charge on any atom is -0.506 e. The second-order valence-electron chi connectivity index (χ2n) is 10.6. The number of ether oxygens (including phenoxy) is 1. The van der Waals surface area contributed by atoms with Gasteiger partial charge in [-0.15, -0.1) is 0 Å². The van der Waals surface area contributed by atoms with E-state index in [9.17, 15) is 24.9 Å². The van der Waals surface area contributed by atoms with Crippen molar-refractivity contribution in [3.63, 3.8) is 0 Å². The molecule has 4 aromatic rings. The molecule has 2 atom stereocenters. The number of amides is 1. The molecule has 2 aromatic heterocycles. The number of aliphatic hydroxyl groups is 1. The van der Waals surface area contributed by atoms with Gasteiger partial charge in [0, 0.05) is 29.8 Å². The highest BCUT2D eigenvalue weighted by Gasteiger charge is 2.17. The maximum atomic E-state index is 11.6. The molecular formula is C33H40N4O6. The van der Waals surface area contributed by atoms with E-state index in [0.29, 0.717) is 35.4 Å². The van der Waals surface area contributed by atoms with E-state index in [4.69, 9.17) is 4.74 Å². The Labute approximate surface area is 250 Å². The van der Waals surface area contributed by atoms with Crippen LogP contribution in [0.1, 0.15) is 73.8 Å². The minimum absolute atomic E-state index is 0.0174. The molecule has 6 N–H and O–H groups in total. The number of unbranched alkanes of at least 4 members (excludes halogenated alkanes) is 6. The normalized spacial score (nSPS) is 12.6. The number of aromatic nitrogens is 2. The Kier molecular flexibility index (Phi) is 11.9. The zero-order valence-corrected chi connectivity index (χ0v) is 24.2. The summed E-state index contributed by atoms with van der Waals surface area (Å²) in [5.74, 6) is 0.605. The van der Waals surface area contributed by atoms with Crippen LogP contribution in [-0.4, -0.2) is 51.1 Å². The Morgan fingerprint density at radius 2 is 1.65 bits per heavy atom. The molecule has 2 unspecified atom stereocenters. The highest BCUT2D eigenvalue weighted by Crippen LogP contribution is 2.28. The number of rotatable bonds is 17. The first kappa shape index (κ1) is 31.5. The van der Waals surface area contributed by atoms with E-state index in [2.05, 4.69) is 20.6 Å². The van der Waals surface area contributed by atoms with E-state index >= 15 is 0 Å². The summed E-state index contributed by atoms with van der Waals surface area (Å²) in [5, 5.41) is 36.4. The number of phenols is 1. The fourth-order valence-corrected chi connectivity index (χ4v) is 5.12. The van der Waals surface area contributed by atoms with Crippen LogP contribution < -0.4 is 20.9 Å². The number of aromatic amines is 1. The Morgan fingerprint density at radius 1 is 0.907 bits per heavy atom. The molecule has 0 aliphatic rings. The Hall–Kier alpha value is -4.41. The first-order valence-electron chi connectivity index (χ1n) is 14.8. The second-order valence-corrected chi connectivity index (χ2v) is 10.6. The van der Waals surface area contributed by atoms with Crippen molar-refractivity contribution in [3.8, 4) is 11.5 Å². The second kappa shape index (κ2) is 16.3. The molecule has 43 heavy (non-hydrogen) atoms. The van der Waals surface area contributed by atoms with Gasteiger partial charge in [0.15, 0.2) is 0 Å². The average molecular weight is 589 g/mol. The first-order valence-corrected chi connectivity index (χ1v) is 14.8. The molecule has 0 saturated heterocycles. The molecule has 228 valence electrons. The minimum atomic E-state index is -1.10. The maximum Gasteiger partial charge on any atom is 0.405 e. The lowest BCUT2D eigenvalue weighted by atomic mass is 10.0. The maximum absolute atomic E-state index is 11.6. The van der Waals surface area contributed by atoms with Crippen molar-refractivity contribution in [2.24, 2.45) is 0 Å². The van der Waals surface area contributed by atoms with Crippen molar-refractivity contribution >= 4 is 17.0 Å². The van der Waals surface area contributed by atoms with Gasteiger partial charge in [-0.1, -0.05) is 68.5 Å². The lowest BCUT2D eigenvalue weighted by Gasteiger charge is -2.18. The fourth-order valence-electron chi connectivity index (χ4n) is 5.12. The molecule has 10 nitrogen and oxygen atoms in total. The molecule has 2 aromatic carbocycles. The molecule has 1 amide bonds. The molecule has 0 fully saturated rings. The molecule has 0 saturated carbocycles. The summed E-state index contributed by atoms with van der Waals surface area (Å²) in [6.45, 7) is 1.77. The van der Waals surface area contributed by atoms with E-state index < -0.39 is 18.2 Å². The summed E-state index contributed by atoms with van der Waals surface area (Å²) in [6.07, 6.45) is 8.99. The van der Waals surface area contributed by atoms with Gasteiger partial charge in [0.25, 0.3) is 0 Å². The van der Waals surface area contributed by atoms with E-state index in [1.807, 2.05) is 36.4 Å². The van der Waals surface area contributed by atoms with Crippen molar-refractivity contribution in [1.82, 2.24) is 20.6 Å². The van der Waals surface area contributed by atoms with E-state index in [0.717, 1.165) is 62.6 Å². The summed E-state index contributed by atoms with van der Waals surface area (Å²) >= 11 is 0. The third-order valence-electron chi connectivity index (χ3n) is 7.34. The third kappa shape index (κ3) is 9.56. The van der Waals surface area contributed by atoms with Crippen molar-refractivity contribution in [2.75, 3.05) is 19.7 Å². The lowest BCUT2D eigenvalue weighted by Crippen LogP contribution is -2.27.